The second-order valence-electron chi connectivity index (χ2n) is 8.52. The van der Waals surface area contributed by atoms with Crippen molar-refractivity contribution in [3.63, 3.8) is 0 Å². The van der Waals surface area contributed by atoms with Gasteiger partial charge in [0, 0.05) is 42.5 Å². The number of thiazole rings is 1. The van der Waals surface area contributed by atoms with E-state index in [1.165, 1.54) is 0 Å². The van der Waals surface area contributed by atoms with Gasteiger partial charge in [-0.2, -0.15) is 0 Å². The molecule has 3 N–H and O–H groups in total. The van der Waals surface area contributed by atoms with Crippen molar-refractivity contribution in [2.45, 2.75) is 60.1 Å². The van der Waals surface area contributed by atoms with Crippen LogP contribution >= 0.6 is 23.1 Å². The topological polar surface area (TPSA) is 103 Å². The van der Waals surface area contributed by atoms with Crippen LogP contribution in [0.3, 0.4) is 0 Å². The summed E-state index contributed by atoms with van der Waals surface area (Å²) in [5, 5.41) is 17.8. The fraction of sp³-hybridized carbons (Fsp3) is 0.500. The maximum Gasteiger partial charge on any atom is 0.222 e. The second-order valence-corrected chi connectivity index (χ2v) is 11.9. The fourth-order valence-corrected chi connectivity index (χ4v) is 7.07. The van der Waals surface area contributed by atoms with Gasteiger partial charge in [0.2, 0.25) is 5.95 Å². The zero-order valence-electron chi connectivity index (χ0n) is 18.4. The molecule has 1 aliphatic carbocycles. The summed E-state index contributed by atoms with van der Waals surface area (Å²) >= 11 is 3.24. The van der Waals surface area contributed by atoms with Gasteiger partial charge in [-0.25, -0.2) is 23.5 Å². The monoisotopic (exact) mass is 504 g/mol. The lowest BCUT2D eigenvalue weighted by Gasteiger charge is -2.28. The summed E-state index contributed by atoms with van der Waals surface area (Å²) in [5.41, 5.74) is 0.914. The van der Waals surface area contributed by atoms with E-state index in [2.05, 4.69) is 20.6 Å². The molecule has 0 radical (unpaired) electrons. The molecule has 0 spiro atoms. The maximum absolute atomic E-state index is 13.0. The van der Waals surface area contributed by atoms with Crippen LogP contribution in [0, 0.1) is 0 Å². The van der Waals surface area contributed by atoms with E-state index in [9.17, 15) is 9.32 Å². The van der Waals surface area contributed by atoms with Gasteiger partial charge in [-0.05, 0) is 56.6 Å². The zero-order valence-corrected chi connectivity index (χ0v) is 20.9. The quantitative estimate of drug-likeness (QED) is 0.418. The number of benzene rings is 1. The largest absolute Gasteiger partial charge is 0.392 e. The minimum Gasteiger partial charge on any atom is -0.392 e. The molecule has 11 heteroatoms. The maximum atomic E-state index is 13.0. The smallest absolute Gasteiger partial charge is 0.222 e. The molecule has 2 fully saturated rings. The second kappa shape index (κ2) is 10.2. The minimum absolute atomic E-state index is 0.339. The Kier molecular flexibility index (Phi) is 7.12. The van der Waals surface area contributed by atoms with Crippen molar-refractivity contribution in [1.29, 1.82) is 0 Å². The van der Waals surface area contributed by atoms with Gasteiger partial charge in [0.15, 0.2) is 5.13 Å². The number of nitrogens with one attached hydrogen (secondary N) is 2. The van der Waals surface area contributed by atoms with Crippen LogP contribution in [0.25, 0.3) is 10.2 Å². The predicted molar refractivity (Wildman–Crippen MR) is 135 cm³/mol. The lowest BCUT2D eigenvalue weighted by molar-refractivity contribution is 0.110. The van der Waals surface area contributed by atoms with E-state index < -0.39 is 17.1 Å². The summed E-state index contributed by atoms with van der Waals surface area (Å²) in [6.07, 6.45) is 10.1. The van der Waals surface area contributed by atoms with Gasteiger partial charge in [0.1, 0.15) is 11.0 Å². The number of β-amino-alcohol motifs (C(OH)–C–C–N with tert-alkyl or cyclic N) is 1. The van der Waals surface area contributed by atoms with Crippen molar-refractivity contribution in [2.75, 3.05) is 30.0 Å². The predicted octanol–water partition coefficient (Wildman–Crippen LogP) is 3.73. The summed E-state index contributed by atoms with van der Waals surface area (Å²) in [4.78, 5) is 15.4. The van der Waals surface area contributed by atoms with Gasteiger partial charge >= 0.3 is 0 Å². The highest BCUT2D eigenvalue weighted by atomic mass is 32.2. The number of thioether (sulfide) groups is 1. The molecule has 3 heterocycles. The third kappa shape index (κ3) is 5.48. The lowest BCUT2D eigenvalue weighted by Crippen LogP contribution is -2.39. The van der Waals surface area contributed by atoms with Crippen molar-refractivity contribution in [3.05, 3.63) is 30.6 Å². The number of aliphatic hydroxyl groups excluding tert-OH is 1. The Bertz CT molecular complexity index is 1130. The van der Waals surface area contributed by atoms with E-state index in [1.54, 1.807) is 23.1 Å². The van der Waals surface area contributed by atoms with Crippen LogP contribution in [0.1, 0.15) is 32.1 Å². The Morgan fingerprint density at radius 1 is 1.18 bits per heavy atom. The Balaban J connectivity index is 1.20. The van der Waals surface area contributed by atoms with Crippen LogP contribution in [0.15, 0.2) is 40.4 Å². The van der Waals surface area contributed by atoms with Gasteiger partial charge in [0.05, 0.1) is 21.2 Å². The van der Waals surface area contributed by atoms with Crippen LogP contribution in [0.2, 0.25) is 0 Å². The van der Waals surface area contributed by atoms with E-state index in [0.29, 0.717) is 24.6 Å². The van der Waals surface area contributed by atoms with Crippen LogP contribution in [-0.2, 0) is 11.0 Å². The van der Waals surface area contributed by atoms with Crippen molar-refractivity contribution in [2.24, 2.45) is 0 Å². The SMILES string of the molecule is CSc1cnc(N[C@H]2CC[C@H](Nc3nc4ccc(S(=O)N5CCCC(O)C5)cc4s3)C2)nc1. The Hall–Kier alpha value is -1.79. The van der Waals surface area contributed by atoms with Crippen LogP contribution in [0.5, 0.6) is 0 Å². The van der Waals surface area contributed by atoms with Crippen LogP contribution in [-0.4, -0.2) is 66.1 Å². The molecule has 1 saturated carbocycles. The third-order valence-electron chi connectivity index (χ3n) is 6.11. The molecule has 1 aliphatic heterocycles. The van der Waals surface area contributed by atoms with Gasteiger partial charge in [-0.1, -0.05) is 11.3 Å². The highest BCUT2D eigenvalue weighted by Gasteiger charge is 2.26. The Morgan fingerprint density at radius 3 is 2.73 bits per heavy atom. The minimum atomic E-state index is -1.26. The molecule has 33 heavy (non-hydrogen) atoms. The molecule has 2 aliphatic rings. The first-order valence-electron chi connectivity index (χ1n) is 11.2. The van der Waals surface area contributed by atoms with Crippen LogP contribution < -0.4 is 10.6 Å². The standard InChI is InChI=1S/C22H28N6O2S3/c1-31-17-11-23-21(24-12-17)25-14-4-5-15(9-14)26-22-27-19-7-6-18(10-20(19)32-22)33(30)28-8-2-3-16(29)13-28/h6-7,10-12,14-16,29H,2-5,8-9,13H2,1H3,(H,26,27)(H,23,24,25)/t14-,15-,16?,33?/m0/s1. The molecule has 3 aromatic rings. The number of anilines is 2. The van der Waals surface area contributed by atoms with E-state index in [4.69, 9.17) is 4.98 Å². The van der Waals surface area contributed by atoms with Gasteiger partial charge in [-0.15, -0.1) is 11.8 Å². The number of fused-ring (bicyclic) bond motifs is 1. The molecular formula is C22H28N6O2S3. The number of aromatic nitrogens is 3. The molecular weight excluding hydrogens is 476 g/mol. The Morgan fingerprint density at radius 2 is 1.97 bits per heavy atom. The molecule has 2 aromatic heterocycles. The van der Waals surface area contributed by atoms with E-state index in [1.807, 2.05) is 41.2 Å². The molecule has 2 unspecified atom stereocenters. The molecule has 176 valence electrons. The van der Waals surface area contributed by atoms with E-state index in [-0.39, 0.29) is 0 Å². The normalized spacial score (nSPS) is 24.7. The van der Waals surface area contributed by atoms with Gasteiger partial charge < -0.3 is 15.7 Å². The van der Waals surface area contributed by atoms with E-state index >= 15 is 0 Å². The molecule has 4 atom stereocenters. The molecule has 5 rings (SSSR count). The van der Waals surface area contributed by atoms with Crippen molar-refractivity contribution in [3.8, 4) is 0 Å². The van der Waals surface area contributed by atoms with Gasteiger partial charge in [-0.3, -0.25) is 0 Å². The Labute approximate surface area is 204 Å². The van der Waals surface area contributed by atoms with E-state index in [0.717, 1.165) is 63.8 Å². The first-order valence-corrected chi connectivity index (χ1v) is 14.4. The highest BCUT2D eigenvalue weighted by Crippen LogP contribution is 2.32. The molecule has 0 bridgehead atoms. The van der Waals surface area contributed by atoms with Gasteiger partial charge in [0.25, 0.3) is 0 Å². The van der Waals surface area contributed by atoms with Crippen molar-refractivity contribution < 1.29 is 9.32 Å². The number of hydrogen-bond donors (Lipinski definition) is 3. The number of aliphatic hydroxyl groups is 1. The summed E-state index contributed by atoms with van der Waals surface area (Å²) in [6, 6.07) is 6.49. The number of hydrogen-bond acceptors (Lipinski definition) is 9. The van der Waals surface area contributed by atoms with Crippen molar-refractivity contribution in [1.82, 2.24) is 19.3 Å². The number of piperidine rings is 1. The summed E-state index contributed by atoms with van der Waals surface area (Å²) in [5.74, 6) is 0.681. The van der Waals surface area contributed by atoms with Crippen molar-refractivity contribution >= 4 is 55.4 Å². The van der Waals surface area contributed by atoms with Crippen LogP contribution in [0.4, 0.5) is 11.1 Å². The first-order chi connectivity index (χ1) is 16.1. The molecule has 1 aromatic carbocycles. The average Bonchev–Trinajstić information content (AvgIpc) is 3.44. The molecule has 8 nitrogen and oxygen atoms in total. The summed E-state index contributed by atoms with van der Waals surface area (Å²) in [7, 11) is -1.26. The first kappa shape index (κ1) is 23.0. The number of rotatable bonds is 7. The lowest BCUT2D eigenvalue weighted by atomic mass is 10.1. The highest BCUT2D eigenvalue weighted by molar-refractivity contribution is 7.98. The summed E-state index contributed by atoms with van der Waals surface area (Å²) in [6.45, 7) is 1.21. The number of nitrogens with zero attached hydrogens (tertiary/aromatic N) is 4. The zero-order chi connectivity index (χ0) is 22.8. The third-order valence-corrected chi connectivity index (χ3v) is 9.20. The average molecular weight is 505 g/mol. The molecule has 1 saturated heterocycles. The fourth-order valence-electron chi connectivity index (χ4n) is 4.39. The summed E-state index contributed by atoms with van der Waals surface area (Å²) < 4.78 is 15.9. The molecule has 0 amide bonds.